The summed E-state index contributed by atoms with van der Waals surface area (Å²) in [6, 6.07) is 0. The van der Waals surface area contributed by atoms with Crippen molar-refractivity contribution in [3.63, 3.8) is 0 Å². The molecule has 1 heterocycles. The summed E-state index contributed by atoms with van der Waals surface area (Å²) >= 11 is 0. The van der Waals surface area contributed by atoms with Gasteiger partial charge < -0.3 is 5.73 Å². The third kappa shape index (κ3) is 2.52. The summed E-state index contributed by atoms with van der Waals surface area (Å²) in [5.74, 6) is 0.432. The van der Waals surface area contributed by atoms with Gasteiger partial charge in [-0.05, 0) is 25.2 Å². The van der Waals surface area contributed by atoms with Gasteiger partial charge in [-0.25, -0.2) is 4.79 Å². The molecule has 0 fully saturated rings. The van der Waals surface area contributed by atoms with Crippen LogP contribution in [0.15, 0.2) is 26.7 Å². The predicted molar refractivity (Wildman–Crippen MR) is 76.0 cm³/mol. The third-order valence-corrected chi connectivity index (χ3v) is 3.41. The van der Waals surface area contributed by atoms with E-state index in [-0.39, 0.29) is 11.5 Å². The smallest absolute Gasteiger partial charge is 0.332 e. The summed E-state index contributed by atoms with van der Waals surface area (Å²) in [5, 5.41) is 0. The minimum Gasteiger partial charge on any atom is -0.383 e. The molecule has 0 saturated heterocycles. The van der Waals surface area contributed by atoms with Gasteiger partial charge in [-0.1, -0.05) is 12.2 Å². The Labute approximate surface area is 110 Å². The number of hydrogen-bond donors (Lipinski definition) is 1. The normalized spacial score (nSPS) is 19.2. The van der Waals surface area contributed by atoms with Crippen molar-refractivity contribution in [1.29, 1.82) is 0 Å². The van der Waals surface area contributed by atoms with Crippen LogP contribution in [0.2, 0.25) is 0 Å². The summed E-state index contributed by atoms with van der Waals surface area (Å²) < 4.78 is 2.25. The first-order valence-corrected chi connectivity index (χ1v) is 6.27. The van der Waals surface area contributed by atoms with E-state index in [1.807, 2.05) is 0 Å². The van der Waals surface area contributed by atoms with Crippen LogP contribution in [-0.4, -0.2) is 15.3 Å². The predicted octanol–water partition coefficient (Wildman–Crippen LogP) is 0.725. The Morgan fingerprint density at radius 3 is 2.68 bits per heavy atom. The average molecular weight is 262 g/mol. The van der Waals surface area contributed by atoms with Gasteiger partial charge in [0.25, 0.3) is 5.56 Å². The number of nitrogens with two attached hydrogens (primary N) is 1. The van der Waals surface area contributed by atoms with Gasteiger partial charge in [0.05, 0.1) is 0 Å². The topological polar surface area (TPSA) is 82.4 Å². The van der Waals surface area contributed by atoms with Gasteiger partial charge in [-0.2, -0.15) is 0 Å². The van der Waals surface area contributed by atoms with Crippen molar-refractivity contribution in [2.24, 2.45) is 25.0 Å². The molecule has 1 aliphatic carbocycles. The zero-order valence-electron chi connectivity index (χ0n) is 11.2. The Morgan fingerprint density at radius 2 is 2.05 bits per heavy atom. The van der Waals surface area contributed by atoms with E-state index in [1.54, 1.807) is 6.21 Å². The molecule has 0 saturated carbocycles. The van der Waals surface area contributed by atoms with Gasteiger partial charge in [0, 0.05) is 20.3 Å². The molecule has 19 heavy (non-hydrogen) atoms. The minimum atomic E-state index is -0.455. The Hall–Kier alpha value is -2.11. The van der Waals surface area contributed by atoms with Crippen LogP contribution in [0.5, 0.6) is 0 Å². The molecule has 2 N–H and O–H groups in total. The molecule has 0 unspecified atom stereocenters. The van der Waals surface area contributed by atoms with E-state index in [4.69, 9.17) is 5.73 Å². The number of nitrogens with zero attached hydrogens (tertiary/aromatic N) is 3. The zero-order chi connectivity index (χ0) is 14.0. The molecular formula is C13H18N4O2. The second-order valence-electron chi connectivity index (χ2n) is 4.76. The maximum absolute atomic E-state index is 12.0. The van der Waals surface area contributed by atoms with E-state index >= 15 is 0 Å². The molecule has 102 valence electrons. The molecule has 2 rings (SSSR count). The van der Waals surface area contributed by atoms with E-state index < -0.39 is 11.2 Å². The molecule has 1 aliphatic rings. The summed E-state index contributed by atoms with van der Waals surface area (Å²) in [7, 11) is 2.95. The molecule has 6 nitrogen and oxygen atoms in total. The molecular weight excluding hydrogens is 244 g/mol. The van der Waals surface area contributed by atoms with Crippen LogP contribution in [0, 0.1) is 5.92 Å². The summed E-state index contributed by atoms with van der Waals surface area (Å²) in [4.78, 5) is 27.8. The monoisotopic (exact) mass is 262 g/mol. The van der Waals surface area contributed by atoms with Crippen molar-refractivity contribution in [1.82, 2.24) is 9.13 Å². The number of hydrogen-bond acceptors (Lipinski definition) is 4. The van der Waals surface area contributed by atoms with E-state index in [0.29, 0.717) is 5.92 Å². The van der Waals surface area contributed by atoms with Crippen molar-refractivity contribution in [3.8, 4) is 0 Å². The van der Waals surface area contributed by atoms with Crippen LogP contribution < -0.4 is 17.0 Å². The largest absolute Gasteiger partial charge is 0.383 e. The van der Waals surface area contributed by atoms with Gasteiger partial charge >= 0.3 is 5.69 Å². The number of allylic oxidation sites excluding steroid dienone is 2. The highest BCUT2D eigenvalue weighted by molar-refractivity contribution is 5.70. The van der Waals surface area contributed by atoms with E-state index in [1.165, 1.54) is 18.7 Å². The lowest BCUT2D eigenvalue weighted by molar-refractivity contribution is 0.627. The van der Waals surface area contributed by atoms with Crippen LogP contribution in [0.3, 0.4) is 0 Å². The molecule has 0 spiro atoms. The molecule has 6 heteroatoms. The quantitative estimate of drug-likeness (QED) is 0.630. The Balaban J connectivity index is 2.40. The fraction of sp³-hybridized carbons (Fsp3) is 0.462. The summed E-state index contributed by atoms with van der Waals surface area (Å²) in [6.45, 7) is 0. The van der Waals surface area contributed by atoms with Crippen molar-refractivity contribution < 1.29 is 0 Å². The highest BCUT2D eigenvalue weighted by Gasteiger charge is 2.13. The lowest BCUT2D eigenvalue weighted by Gasteiger charge is -2.13. The SMILES string of the molecule is Cn1c(N)c(N=C[C@H]2CC=CCC2)c(=O)n(C)c1=O. The Bertz CT molecular complexity index is 652. The fourth-order valence-corrected chi connectivity index (χ4v) is 2.10. The lowest BCUT2D eigenvalue weighted by atomic mass is 9.96. The Morgan fingerprint density at radius 1 is 1.32 bits per heavy atom. The standard InChI is InChI=1S/C13H18N4O2/c1-16-11(14)10(12(18)17(2)13(16)19)15-8-9-6-4-3-5-7-9/h3-4,8-9H,5-7,14H2,1-2H3/t9-/m0/s1. The molecule has 1 aromatic heterocycles. The molecule has 0 radical (unpaired) electrons. The maximum Gasteiger partial charge on any atom is 0.332 e. The number of anilines is 1. The van der Waals surface area contributed by atoms with Gasteiger partial charge in [-0.15, -0.1) is 0 Å². The van der Waals surface area contributed by atoms with Crippen molar-refractivity contribution in [2.45, 2.75) is 19.3 Å². The molecule has 0 bridgehead atoms. The lowest BCUT2D eigenvalue weighted by Crippen LogP contribution is -2.37. The first-order chi connectivity index (χ1) is 9.02. The zero-order valence-corrected chi connectivity index (χ0v) is 11.2. The van der Waals surface area contributed by atoms with Crippen LogP contribution >= 0.6 is 0 Å². The first kappa shape index (κ1) is 13.3. The van der Waals surface area contributed by atoms with Crippen LogP contribution in [-0.2, 0) is 14.1 Å². The van der Waals surface area contributed by atoms with E-state index in [0.717, 1.165) is 23.8 Å². The fourth-order valence-electron chi connectivity index (χ4n) is 2.10. The highest BCUT2D eigenvalue weighted by atomic mass is 16.2. The molecule has 0 aliphatic heterocycles. The molecule has 1 aromatic rings. The molecule has 0 aromatic carbocycles. The maximum atomic E-state index is 12.0. The number of aliphatic imine (C=N–C) groups is 1. The highest BCUT2D eigenvalue weighted by Crippen LogP contribution is 2.19. The molecule has 1 atom stereocenters. The van der Waals surface area contributed by atoms with Crippen molar-refractivity contribution >= 4 is 17.7 Å². The van der Waals surface area contributed by atoms with Crippen molar-refractivity contribution in [3.05, 3.63) is 33.0 Å². The summed E-state index contributed by atoms with van der Waals surface area (Å²) in [5.41, 5.74) is 5.03. The van der Waals surface area contributed by atoms with Crippen LogP contribution in [0.4, 0.5) is 11.5 Å². The van der Waals surface area contributed by atoms with Crippen LogP contribution in [0.25, 0.3) is 0 Å². The second-order valence-corrected chi connectivity index (χ2v) is 4.76. The molecule has 0 amide bonds. The van der Waals surface area contributed by atoms with E-state index in [2.05, 4.69) is 17.1 Å². The van der Waals surface area contributed by atoms with Gasteiger partial charge in [0.1, 0.15) is 5.82 Å². The number of rotatable bonds is 2. The average Bonchev–Trinajstić information content (AvgIpc) is 2.44. The number of nitrogen functional groups attached to an aromatic ring is 1. The Kier molecular flexibility index (Phi) is 3.69. The van der Waals surface area contributed by atoms with E-state index in [9.17, 15) is 9.59 Å². The van der Waals surface area contributed by atoms with Gasteiger partial charge in [0.2, 0.25) is 0 Å². The second kappa shape index (κ2) is 5.26. The van der Waals surface area contributed by atoms with Crippen molar-refractivity contribution in [2.75, 3.05) is 5.73 Å². The first-order valence-electron chi connectivity index (χ1n) is 6.27. The summed E-state index contributed by atoms with van der Waals surface area (Å²) in [6.07, 6.45) is 8.99. The van der Waals surface area contributed by atoms with Crippen LogP contribution in [0.1, 0.15) is 19.3 Å². The van der Waals surface area contributed by atoms with Gasteiger partial charge in [0.15, 0.2) is 5.69 Å². The minimum absolute atomic E-state index is 0.107. The van der Waals surface area contributed by atoms with Gasteiger partial charge in [-0.3, -0.25) is 18.9 Å². The third-order valence-electron chi connectivity index (χ3n) is 3.41. The number of aromatic nitrogens is 2.